The summed E-state index contributed by atoms with van der Waals surface area (Å²) < 4.78 is 11.9. The quantitative estimate of drug-likeness (QED) is 0.0651. The van der Waals surface area contributed by atoms with Crippen LogP contribution in [0.25, 0.3) is 44.3 Å². The van der Waals surface area contributed by atoms with Crippen molar-refractivity contribution in [1.29, 1.82) is 0 Å². The molecule has 0 spiro atoms. The smallest absolute Gasteiger partial charge is 0.119 e. The van der Waals surface area contributed by atoms with Gasteiger partial charge in [0.2, 0.25) is 0 Å². The Labute approximate surface area is 273 Å². The molecule has 0 radical (unpaired) electrons. The van der Waals surface area contributed by atoms with Crippen LogP contribution in [0, 0.1) is 0 Å². The topological polar surface area (TPSA) is 44.2 Å². The molecule has 3 aromatic carbocycles. The van der Waals surface area contributed by atoms with E-state index in [1.807, 2.05) is 24.3 Å². The van der Waals surface area contributed by atoms with Crippen LogP contribution in [0.3, 0.4) is 0 Å². The Morgan fingerprint density at radius 3 is 1.32 bits per heavy atom. The number of thiol groups is 2. The van der Waals surface area contributed by atoms with Crippen molar-refractivity contribution in [2.45, 2.75) is 65.2 Å². The van der Waals surface area contributed by atoms with Gasteiger partial charge in [0, 0.05) is 21.9 Å². The average Bonchev–Trinajstić information content (AvgIpc) is 3.06. The Balaban J connectivity index is 1.56. The fourth-order valence-electron chi connectivity index (χ4n) is 5.62. The SMILES string of the molecule is CCCc1cc(-c2ccc(OCCCCS)cc2)nc2c1ccc1c(CCC)cc(-c3ccc(OCCCCS)cc3)nc12. The van der Waals surface area contributed by atoms with Crippen LogP contribution >= 0.6 is 25.3 Å². The van der Waals surface area contributed by atoms with Gasteiger partial charge in [-0.3, -0.25) is 0 Å². The largest absolute Gasteiger partial charge is 0.494 e. The molecule has 0 bridgehead atoms. The lowest BCUT2D eigenvalue weighted by atomic mass is 9.96. The molecule has 0 aliphatic rings. The summed E-state index contributed by atoms with van der Waals surface area (Å²) in [6.45, 7) is 5.88. The Morgan fingerprint density at radius 2 is 0.955 bits per heavy atom. The van der Waals surface area contributed by atoms with Crippen molar-refractivity contribution in [1.82, 2.24) is 9.97 Å². The summed E-state index contributed by atoms with van der Waals surface area (Å²) in [6, 6.07) is 25.7. The number of benzene rings is 3. The predicted molar refractivity (Wildman–Crippen MR) is 193 cm³/mol. The highest BCUT2D eigenvalue weighted by Gasteiger charge is 2.15. The van der Waals surface area contributed by atoms with Crippen molar-refractivity contribution < 1.29 is 9.47 Å². The third kappa shape index (κ3) is 7.89. The van der Waals surface area contributed by atoms with Crippen LogP contribution in [-0.4, -0.2) is 34.7 Å². The van der Waals surface area contributed by atoms with Crippen molar-refractivity contribution >= 4 is 47.1 Å². The standard InChI is InChI=1S/C38H44N2O2S2/c1-3-9-29-25-35(27-11-15-31(16-12-27)41-21-5-7-23-43)39-37-33(29)19-20-34-30(10-4-2)26-36(40-38(34)37)28-13-17-32(18-14-28)42-22-6-8-24-44/h11-20,25-26,43-44H,3-10,21-24H2,1-2H3. The van der Waals surface area contributed by atoms with Gasteiger partial charge >= 0.3 is 0 Å². The minimum Gasteiger partial charge on any atom is -0.494 e. The van der Waals surface area contributed by atoms with Crippen LogP contribution in [0.4, 0.5) is 0 Å². The fraction of sp³-hybridized carbons (Fsp3) is 0.368. The molecule has 2 aromatic heterocycles. The number of fused-ring (bicyclic) bond motifs is 3. The van der Waals surface area contributed by atoms with E-state index < -0.39 is 0 Å². The van der Waals surface area contributed by atoms with Crippen molar-refractivity contribution in [2.75, 3.05) is 24.7 Å². The average molecular weight is 625 g/mol. The molecule has 0 saturated heterocycles. The maximum Gasteiger partial charge on any atom is 0.119 e. The molecule has 2 heterocycles. The van der Waals surface area contributed by atoms with Crippen molar-refractivity contribution in [3.05, 3.63) is 83.9 Å². The number of aryl methyl sites for hydroxylation is 2. The molecule has 0 saturated carbocycles. The van der Waals surface area contributed by atoms with Gasteiger partial charge in [-0.1, -0.05) is 38.8 Å². The van der Waals surface area contributed by atoms with Gasteiger partial charge in [-0.25, -0.2) is 9.97 Å². The third-order valence-corrected chi connectivity index (χ3v) is 8.54. The molecule has 6 heteroatoms. The number of nitrogens with zero attached hydrogens (tertiary/aromatic N) is 2. The number of aromatic nitrogens is 2. The van der Waals surface area contributed by atoms with Crippen LogP contribution in [-0.2, 0) is 12.8 Å². The first-order chi connectivity index (χ1) is 21.6. The summed E-state index contributed by atoms with van der Waals surface area (Å²) in [7, 11) is 0. The number of hydrogen-bond donors (Lipinski definition) is 2. The molecule has 5 aromatic rings. The normalized spacial score (nSPS) is 11.4. The number of unbranched alkanes of at least 4 members (excludes halogenated alkanes) is 2. The zero-order chi connectivity index (χ0) is 30.7. The van der Waals surface area contributed by atoms with E-state index in [0.717, 1.165) is 108 Å². The van der Waals surface area contributed by atoms with Gasteiger partial charge in [-0.05, 0) is 122 Å². The zero-order valence-corrected chi connectivity index (χ0v) is 27.8. The molecular weight excluding hydrogens is 581 g/mol. The van der Waals surface area contributed by atoms with Crippen molar-refractivity contribution in [3.63, 3.8) is 0 Å². The van der Waals surface area contributed by atoms with E-state index >= 15 is 0 Å². The maximum atomic E-state index is 5.94. The Morgan fingerprint density at radius 1 is 0.545 bits per heavy atom. The molecule has 4 nitrogen and oxygen atoms in total. The summed E-state index contributed by atoms with van der Waals surface area (Å²) in [5.74, 6) is 3.55. The molecule has 0 atom stereocenters. The Kier molecular flexibility index (Phi) is 11.8. The second-order valence-electron chi connectivity index (χ2n) is 11.3. The predicted octanol–water partition coefficient (Wildman–Crippen LogP) is 10.2. The Bertz CT molecular complexity index is 1530. The Hall–Kier alpha value is -3.22. The summed E-state index contributed by atoms with van der Waals surface area (Å²) in [6.07, 6.45) is 8.23. The molecule has 0 amide bonds. The molecule has 0 aliphatic heterocycles. The first-order valence-electron chi connectivity index (χ1n) is 16.1. The molecule has 0 aliphatic carbocycles. The van der Waals surface area contributed by atoms with E-state index in [-0.39, 0.29) is 0 Å². The van der Waals surface area contributed by atoms with E-state index in [1.165, 1.54) is 21.9 Å². The minimum atomic E-state index is 0.709. The second kappa shape index (κ2) is 16.2. The minimum absolute atomic E-state index is 0.709. The molecule has 5 rings (SSSR count). The first-order valence-corrected chi connectivity index (χ1v) is 17.4. The van der Waals surface area contributed by atoms with E-state index in [2.05, 4.69) is 87.6 Å². The highest BCUT2D eigenvalue weighted by atomic mass is 32.1. The lowest BCUT2D eigenvalue weighted by Crippen LogP contribution is -1.99. The van der Waals surface area contributed by atoms with Crippen LogP contribution in [0.15, 0.2) is 72.8 Å². The van der Waals surface area contributed by atoms with Gasteiger partial charge in [0.15, 0.2) is 0 Å². The summed E-state index contributed by atoms with van der Waals surface area (Å²) in [4.78, 5) is 10.6. The number of pyridine rings is 2. The lowest BCUT2D eigenvalue weighted by Gasteiger charge is -2.15. The van der Waals surface area contributed by atoms with Crippen LogP contribution in [0.1, 0.15) is 63.5 Å². The van der Waals surface area contributed by atoms with Crippen molar-refractivity contribution in [3.8, 4) is 34.0 Å². The van der Waals surface area contributed by atoms with E-state index in [9.17, 15) is 0 Å². The van der Waals surface area contributed by atoms with Gasteiger partial charge in [-0.15, -0.1) is 0 Å². The molecule has 44 heavy (non-hydrogen) atoms. The maximum absolute atomic E-state index is 5.94. The number of rotatable bonds is 16. The summed E-state index contributed by atoms with van der Waals surface area (Å²) in [5.41, 5.74) is 8.67. The van der Waals surface area contributed by atoms with E-state index in [1.54, 1.807) is 0 Å². The van der Waals surface area contributed by atoms with E-state index in [4.69, 9.17) is 19.4 Å². The second-order valence-corrected chi connectivity index (χ2v) is 12.2. The fourth-order valence-corrected chi connectivity index (χ4v) is 6.06. The van der Waals surface area contributed by atoms with Gasteiger partial charge < -0.3 is 9.47 Å². The van der Waals surface area contributed by atoms with Gasteiger partial charge in [-0.2, -0.15) is 25.3 Å². The van der Waals surface area contributed by atoms with E-state index in [0.29, 0.717) is 13.2 Å². The monoisotopic (exact) mass is 624 g/mol. The van der Waals surface area contributed by atoms with Crippen LogP contribution < -0.4 is 9.47 Å². The number of ether oxygens (including phenoxy) is 2. The number of hydrogen-bond acceptors (Lipinski definition) is 6. The molecule has 230 valence electrons. The van der Waals surface area contributed by atoms with Crippen LogP contribution in [0.2, 0.25) is 0 Å². The molecule has 0 fully saturated rings. The zero-order valence-electron chi connectivity index (χ0n) is 26.0. The van der Waals surface area contributed by atoms with Crippen molar-refractivity contribution in [2.24, 2.45) is 0 Å². The molecule has 0 unspecified atom stereocenters. The third-order valence-electron chi connectivity index (χ3n) is 7.91. The lowest BCUT2D eigenvalue weighted by molar-refractivity contribution is 0.310. The highest BCUT2D eigenvalue weighted by Crippen LogP contribution is 2.34. The molecule has 0 N–H and O–H groups in total. The van der Waals surface area contributed by atoms with Crippen LogP contribution in [0.5, 0.6) is 11.5 Å². The first kappa shape index (κ1) is 32.2. The van der Waals surface area contributed by atoms with Gasteiger partial charge in [0.1, 0.15) is 11.5 Å². The summed E-state index contributed by atoms with van der Waals surface area (Å²) >= 11 is 8.58. The highest BCUT2D eigenvalue weighted by molar-refractivity contribution is 7.80. The van der Waals surface area contributed by atoms with Gasteiger partial charge in [0.25, 0.3) is 0 Å². The molecular formula is C38H44N2O2S2. The summed E-state index contributed by atoms with van der Waals surface area (Å²) in [5, 5.41) is 2.37. The van der Waals surface area contributed by atoms with Gasteiger partial charge in [0.05, 0.1) is 35.6 Å².